The summed E-state index contributed by atoms with van der Waals surface area (Å²) in [5.74, 6) is 1.56. The molecule has 0 aliphatic rings. The van der Waals surface area contributed by atoms with Gasteiger partial charge in [-0.1, -0.05) is 27.7 Å². The molecule has 3 nitrogen and oxygen atoms in total. The number of hydrogen-bond donors (Lipinski definition) is 2. The Bertz CT molecular complexity index is 261. The average Bonchev–Trinajstić information content (AvgIpc) is 2.30. The lowest BCUT2D eigenvalue weighted by molar-refractivity contribution is 0.767. The maximum atomic E-state index is 5.74. The van der Waals surface area contributed by atoms with Crippen LogP contribution in [0.1, 0.15) is 50.8 Å². The Hall–Kier alpha value is -0.990. The second-order valence-corrected chi connectivity index (χ2v) is 3.75. The minimum atomic E-state index is 0.446. The van der Waals surface area contributed by atoms with E-state index in [2.05, 4.69) is 37.9 Å². The fourth-order valence-corrected chi connectivity index (χ4v) is 1.43. The maximum Gasteiger partial charge on any atom is 0.148 e. The Morgan fingerprint density at radius 1 is 1.17 bits per heavy atom. The Morgan fingerprint density at radius 3 is 2.08 bits per heavy atom. The third kappa shape index (κ3) is 1.44. The highest BCUT2D eigenvalue weighted by Gasteiger charge is 2.15. The van der Waals surface area contributed by atoms with Crippen molar-refractivity contribution in [1.82, 2.24) is 10.2 Å². The van der Waals surface area contributed by atoms with Gasteiger partial charge in [-0.25, -0.2) is 0 Å². The van der Waals surface area contributed by atoms with Crippen LogP contribution in [0.5, 0.6) is 0 Å². The summed E-state index contributed by atoms with van der Waals surface area (Å²) in [7, 11) is 0. The normalized spacial score (nSPS) is 11.5. The summed E-state index contributed by atoms with van der Waals surface area (Å²) in [6.45, 7) is 8.54. The van der Waals surface area contributed by atoms with Crippen molar-refractivity contribution in [2.24, 2.45) is 0 Å². The molecular weight excluding hydrogens is 150 g/mol. The van der Waals surface area contributed by atoms with E-state index in [-0.39, 0.29) is 0 Å². The Kier molecular flexibility index (Phi) is 2.40. The molecule has 0 aliphatic carbocycles. The van der Waals surface area contributed by atoms with E-state index >= 15 is 0 Å². The van der Waals surface area contributed by atoms with Gasteiger partial charge < -0.3 is 5.73 Å². The molecule has 1 aromatic rings. The molecule has 0 amide bonds. The molecule has 0 aromatic carbocycles. The second kappa shape index (κ2) is 3.17. The molecule has 0 spiro atoms. The van der Waals surface area contributed by atoms with Crippen LogP contribution < -0.4 is 5.73 Å². The Labute approximate surface area is 73.4 Å². The maximum absolute atomic E-state index is 5.74. The molecule has 1 rings (SSSR count). The van der Waals surface area contributed by atoms with Crippen molar-refractivity contribution < 1.29 is 0 Å². The van der Waals surface area contributed by atoms with Crippen LogP contribution in [0.3, 0.4) is 0 Å². The number of anilines is 1. The zero-order valence-electron chi connectivity index (χ0n) is 8.18. The molecule has 3 N–H and O–H groups in total. The summed E-state index contributed by atoms with van der Waals surface area (Å²) in [6.07, 6.45) is 0. The summed E-state index contributed by atoms with van der Waals surface area (Å²) in [5.41, 5.74) is 8.08. The standard InChI is InChI=1S/C9H17N3/c1-5(2)7-8(6(3)4)11-12-9(7)10/h5-6H,1-4H3,(H3,10,11,12). The molecule has 0 saturated carbocycles. The highest BCUT2D eigenvalue weighted by atomic mass is 15.2. The first-order valence-corrected chi connectivity index (χ1v) is 4.37. The molecule has 0 aliphatic heterocycles. The molecule has 0 radical (unpaired) electrons. The van der Waals surface area contributed by atoms with Gasteiger partial charge in [-0.05, 0) is 11.8 Å². The number of nitrogens with zero attached hydrogens (tertiary/aromatic N) is 1. The first kappa shape index (κ1) is 9.10. The van der Waals surface area contributed by atoms with Gasteiger partial charge in [0.15, 0.2) is 0 Å². The van der Waals surface area contributed by atoms with Gasteiger partial charge in [-0.3, -0.25) is 5.10 Å². The van der Waals surface area contributed by atoms with E-state index in [0.29, 0.717) is 17.7 Å². The van der Waals surface area contributed by atoms with Crippen LogP contribution in [0.4, 0.5) is 5.82 Å². The van der Waals surface area contributed by atoms with Gasteiger partial charge in [-0.15, -0.1) is 0 Å². The fourth-order valence-electron chi connectivity index (χ4n) is 1.43. The number of H-pyrrole nitrogens is 1. The highest BCUT2D eigenvalue weighted by Crippen LogP contribution is 2.28. The molecule has 1 heterocycles. The SMILES string of the molecule is CC(C)c1[nH]nc(N)c1C(C)C. The van der Waals surface area contributed by atoms with Crippen LogP contribution in [-0.4, -0.2) is 10.2 Å². The minimum absolute atomic E-state index is 0.446. The van der Waals surface area contributed by atoms with Gasteiger partial charge >= 0.3 is 0 Å². The lowest BCUT2D eigenvalue weighted by Crippen LogP contribution is -1.98. The first-order valence-electron chi connectivity index (χ1n) is 4.37. The van der Waals surface area contributed by atoms with Crippen LogP contribution >= 0.6 is 0 Å². The van der Waals surface area contributed by atoms with E-state index in [4.69, 9.17) is 5.73 Å². The van der Waals surface area contributed by atoms with Crippen molar-refractivity contribution in [3.05, 3.63) is 11.3 Å². The van der Waals surface area contributed by atoms with Gasteiger partial charge in [0.25, 0.3) is 0 Å². The molecular formula is C9H17N3. The quantitative estimate of drug-likeness (QED) is 0.709. The third-order valence-electron chi connectivity index (χ3n) is 2.02. The predicted octanol–water partition coefficient (Wildman–Crippen LogP) is 2.24. The molecule has 0 atom stereocenters. The fraction of sp³-hybridized carbons (Fsp3) is 0.667. The highest BCUT2D eigenvalue weighted by molar-refractivity contribution is 5.45. The van der Waals surface area contributed by atoms with E-state index in [1.54, 1.807) is 0 Å². The van der Waals surface area contributed by atoms with Crippen molar-refractivity contribution in [3.8, 4) is 0 Å². The second-order valence-electron chi connectivity index (χ2n) is 3.75. The number of hydrogen-bond acceptors (Lipinski definition) is 2. The number of nitrogens with two attached hydrogens (primary N) is 1. The van der Waals surface area contributed by atoms with Crippen LogP contribution in [0.15, 0.2) is 0 Å². The number of rotatable bonds is 2. The number of aromatic amines is 1. The van der Waals surface area contributed by atoms with Crippen LogP contribution in [0.2, 0.25) is 0 Å². The molecule has 0 unspecified atom stereocenters. The van der Waals surface area contributed by atoms with E-state index in [0.717, 1.165) is 0 Å². The molecule has 0 bridgehead atoms. The van der Waals surface area contributed by atoms with Gasteiger partial charge in [0.1, 0.15) is 5.82 Å². The molecule has 1 aromatic heterocycles. The number of aromatic nitrogens is 2. The van der Waals surface area contributed by atoms with Crippen molar-refractivity contribution in [1.29, 1.82) is 0 Å². The summed E-state index contributed by atoms with van der Waals surface area (Å²) < 4.78 is 0. The van der Waals surface area contributed by atoms with Crippen molar-refractivity contribution in [2.75, 3.05) is 5.73 Å². The van der Waals surface area contributed by atoms with Gasteiger partial charge in [0, 0.05) is 11.3 Å². The number of nitrogens with one attached hydrogen (secondary N) is 1. The lowest BCUT2D eigenvalue weighted by Gasteiger charge is -2.09. The zero-order chi connectivity index (χ0) is 9.30. The Morgan fingerprint density at radius 2 is 1.75 bits per heavy atom. The first-order chi connectivity index (χ1) is 5.54. The Balaban J connectivity index is 3.12. The van der Waals surface area contributed by atoms with Crippen LogP contribution in [0, 0.1) is 0 Å². The van der Waals surface area contributed by atoms with Crippen molar-refractivity contribution in [3.63, 3.8) is 0 Å². The average molecular weight is 167 g/mol. The lowest BCUT2D eigenvalue weighted by atomic mass is 9.97. The van der Waals surface area contributed by atoms with Crippen molar-refractivity contribution >= 4 is 5.82 Å². The smallest absolute Gasteiger partial charge is 0.148 e. The third-order valence-corrected chi connectivity index (χ3v) is 2.02. The molecule has 3 heteroatoms. The van der Waals surface area contributed by atoms with Crippen LogP contribution in [-0.2, 0) is 0 Å². The summed E-state index contributed by atoms with van der Waals surface area (Å²) in [6, 6.07) is 0. The van der Waals surface area contributed by atoms with Crippen molar-refractivity contribution in [2.45, 2.75) is 39.5 Å². The zero-order valence-corrected chi connectivity index (χ0v) is 8.18. The largest absolute Gasteiger partial charge is 0.382 e. The molecule has 12 heavy (non-hydrogen) atoms. The van der Waals surface area contributed by atoms with E-state index in [1.165, 1.54) is 11.3 Å². The molecule has 0 saturated heterocycles. The van der Waals surface area contributed by atoms with Crippen LogP contribution in [0.25, 0.3) is 0 Å². The van der Waals surface area contributed by atoms with Gasteiger partial charge in [0.2, 0.25) is 0 Å². The van der Waals surface area contributed by atoms with Gasteiger partial charge in [0.05, 0.1) is 0 Å². The predicted molar refractivity (Wildman–Crippen MR) is 51.2 cm³/mol. The summed E-state index contributed by atoms with van der Waals surface area (Å²) in [5, 5.41) is 6.99. The van der Waals surface area contributed by atoms with E-state index in [9.17, 15) is 0 Å². The van der Waals surface area contributed by atoms with E-state index in [1.807, 2.05) is 0 Å². The summed E-state index contributed by atoms with van der Waals surface area (Å²) >= 11 is 0. The van der Waals surface area contributed by atoms with Gasteiger partial charge in [-0.2, -0.15) is 5.10 Å². The molecule has 68 valence electrons. The molecule has 0 fully saturated rings. The topological polar surface area (TPSA) is 54.7 Å². The minimum Gasteiger partial charge on any atom is -0.382 e. The summed E-state index contributed by atoms with van der Waals surface area (Å²) in [4.78, 5) is 0. The number of nitrogen functional groups attached to an aromatic ring is 1. The monoisotopic (exact) mass is 167 g/mol. The van der Waals surface area contributed by atoms with E-state index < -0.39 is 0 Å².